The van der Waals surface area contributed by atoms with E-state index in [1.807, 2.05) is 13.8 Å². The van der Waals surface area contributed by atoms with Crippen LogP contribution in [0.15, 0.2) is 0 Å². The Morgan fingerprint density at radius 3 is 1.62 bits per heavy atom. The Morgan fingerprint density at radius 1 is 0.621 bits per heavy atom. The van der Waals surface area contributed by atoms with Crippen LogP contribution in [0, 0.1) is 11.8 Å². The zero-order valence-electron chi connectivity index (χ0n) is 37.3. The van der Waals surface area contributed by atoms with Crippen LogP contribution in [0.1, 0.15) is 71.6 Å². The van der Waals surface area contributed by atoms with Crippen molar-refractivity contribution in [3.05, 3.63) is 0 Å². The van der Waals surface area contributed by atoms with E-state index in [0.29, 0.717) is 38.5 Å². The van der Waals surface area contributed by atoms with E-state index < -0.39 is 147 Å². The monoisotopic (exact) mass is 930 g/mol. The molecule has 5 rings (SSSR count). The van der Waals surface area contributed by atoms with Crippen LogP contribution in [0.25, 0.3) is 0 Å². The number of nitrogens with zero attached hydrogens (tertiary/aromatic N) is 2. The first-order valence-corrected chi connectivity index (χ1v) is 22.5. The molecule has 66 heavy (non-hydrogen) atoms. The SMILES string of the molecule is CCC(C)C1CCCC12NC(=O)C1CCCN1C(=O)CNC(=O)CNC(=O)CNC(=O)CNC(=O)CNC(=O)CNC(=O)CNC(=O)CC(C(=O)N1C3CCC1COC3)NC(=O)CNC2=O. The van der Waals surface area contributed by atoms with Crippen LogP contribution in [0.5, 0.6) is 0 Å². The molecular formula is C41H62N12O13. The molecule has 1 saturated carbocycles. The summed E-state index contributed by atoms with van der Waals surface area (Å²) in [6.07, 6.45) is 3.55. The number of morpholine rings is 1. The quantitative estimate of drug-likeness (QED) is 0.126. The zero-order chi connectivity index (χ0) is 48.0. The van der Waals surface area contributed by atoms with Gasteiger partial charge in [0, 0.05) is 6.54 Å². The molecule has 7 unspecified atom stereocenters. The lowest BCUT2D eigenvalue weighted by atomic mass is 9.76. The van der Waals surface area contributed by atoms with Gasteiger partial charge in [-0.25, -0.2) is 0 Å². The lowest BCUT2D eigenvalue weighted by Crippen LogP contribution is -2.65. The molecule has 364 valence electrons. The highest BCUT2D eigenvalue weighted by Gasteiger charge is 2.53. The van der Waals surface area contributed by atoms with Gasteiger partial charge in [-0.05, 0) is 50.4 Å². The lowest BCUT2D eigenvalue weighted by Gasteiger charge is -2.39. The second-order valence-electron chi connectivity index (χ2n) is 17.2. The average molecular weight is 931 g/mol. The second-order valence-corrected chi connectivity index (χ2v) is 17.2. The first-order valence-electron chi connectivity index (χ1n) is 22.5. The number of ether oxygens (including phenoxy) is 1. The van der Waals surface area contributed by atoms with Crippen molar-refractivity contribution in [3.8, 4) is 0 Å². The third kappa shape index (κ3) is 13.6. The average Bonchev–Trinajstić information content (AvgIpc) is 4.03. The van der Waals surface area contributed by atoms with Crippen LogP contribution in [-0.2, 0) is 62.3 Å². The summed E-state index contributed by atoms with van der Waals surface area (Å²) in [5.41, 5.74) is -1.47. The summed E-state index contributed by atoms with van der Waals surface area (Å²) in [4.78, 5) is 160. The van der Waals surface area contributed by atoms with Crippen molar-refractivity contribution < 1.29 is 62.3 Å². The number of carbonyl (C=O) groups excluding carboxylic acids is 12. The van der Waals surface area contributed by atoms with Crippen LogP contribution >= 0.6 is 0 Å². The van der Waals surface area contributed by atoms with E-state index in [0.717, 1.165) is 0 Å². The number of nitrogens with one attached hydrogen (secondary N) is 10. The normalized spacial score (nSPS) is 29.6. The van der Waals surface area contributed by atoms with Crippen LogP contribution in [0.2, 0.25) is 0 Å². The molecule has 2 bridgehead atoms. The minimum atomic E-state index is -1.47. The van der Waals surface area contributed by atoms with E-state index in [1.54, 1.807) is 4.90 Å². The molecular weight excluding hydrogens is 869 g/mol. The predicted molar refractivity (Wildman–Crippen MR) is 228 cm³/mol. The van der Waals surface area contributed by atoms with Crippen molar-refractivity contribution in [3.63, 3.8) is 0 Å². The van der Waals surface area contributed by atoms with Gasteiger partial charge in [0.15, 0.2) is 0 Å². The van der Waals surface area contributed by atoms with Gasteiger partial charge in [-0.1, -0.05) is 26.7 Å². The molecule has 0 aromatic rings. The number of hydrogen-bond acceptors (Lipinski definition) is 13. The maximum atomic E-state index is 14.4. The standard InChI is InChI=1S/C41H62N12O13/c1-3-23(2)26-6-4-10-41(26)40(65)49-19-36(61)50-27(39(64)53-24-8-9-25(53)22-66-21-24)12-29(54)42-13-30(55)43-14-31(56)44-15-32(57)45-16-33(58)46-17-34(59)47-18-35(60)48-20-37(62)52-11-5-7-28(52)38(63)51-41/h23-28H,3-22H2,1-2H3,(H,42,54)(H,43,55)(H,44,56)(H,45,57)(H,46,58)(H,47,59)(H,48,60)(H,49,65)(H,50,61)(H,51,63). The fourth-order valence-corrected chi connectivity index (χ4v) is 9.14. The van der Waals surface area contributed by atoms with Crippen molar-refractivity contribution in [2.75, 3.05) is 72.1 Å². The Labute approximate surface area is 380 Å². The Balaban J connectivity index is 1.31. The zero-order valence-corrected chi connectivity index (χ0v) is 37.3. The third-order valence-electron chi connectivity index (χ3n) is 12.7. The minimum Gasteiger partial charge on any atom is -0.377 e. The number of rotatable bonds is 3. The van der Waals surface area contributed by atoms with Gasteiger partial charge in [-0.3, -0.25) is 57.5 Å². The summed E-state index contributed by atoms with van der Waals surface area (Å²) in [6, 6.07) is -2.95. The van der Waals surface area contributed by atoms with Gasteiger partial charge in [0.25, 0.3) is 0 Å². The van der Waals surface area contributed by atoms with Gasteiger partial charge in [-0.2, -0.15) is 0 Å². The molecule has 5 aliphatic rings. The molecule has 5 fully saturated rings. The molecule has 10 N–H and O–H groups in total. The van der Waals surface area contributed by atoms with Gasteiger partial charge in [-0.15, -0.1) is 0 Å². The highest BCUT2D eigenvalue weighted by Crippen LogP contribution is 2.42. The highest BCUT2D eigenvalue weighted by molar-refractivity contribution is 5.99. The summed E-state index contributed by atoms with van der Waals surface area (Å²) >= 11 is 0. The molecule has 0 aromatic heterocycles. The summed E-state index contributed by atoms with van der Waals surface area (Å²) < 4.78 is 5.61. The van der Waals surface area contributed by atoms with E-state index >= 15 is 0 Å². The van der Waals surface area contributed by atoms with E-state index in [1.165, 1.54) is 4.90 Å². The first kappa shape index (κ1) is 50.6. The number of amides is 12. The van der Waals surface area contributed by atoms with Crippen LogP contribution in [-0.4, -0.2) is 183 Å². The summed E-state index contributed by atoms with van der Waals surface area (Å²) in [7, 11) is 0. The highest BCUT2D eigenvalue weighted by atomic mass is 16.5. The molecule has 1 aliphatic carbocycles. The Bertz CT molecular complexity index is 1900. The molecule has 4 heterocycles. The summed E-state index contributed by atoms with van der Waals surface area (Å²) in [6.45, 7) is 0.105. The largest absolute Gasteiger partial charge is 0.377 e. The minimum absolute atomic E-state index is 0.0437. The number of fused-ring (bicyclic) bond motifs is 3. The van der Waals surface area contributed by atoms with Crippen molar-refractivity contribution in [2.45, 2.75) is 101 Å². The molecule has 4 saturated heterocycles. The van der Waals surface area contributed by atoms with Gasteiger partial charge in [0.1, 0.15) is 17.6 Å². The number of carbonyl (C=O) groups is 12. The van der Waals surface area contributed by atoms with Crippen molar-refractivity contribution in [2.24, 2.45) is 11.8 Å². The Kier molecular flexibility index (Phi) is 18.2. The first-order chi connectivity index (χ1) is 31.5. The van der Waals surface area contributed by atoms with E-state index in [2.05, 4.69) is 53.2 Å². The topological polar surface area (TPSA) is 341 Å². The number of hydrogen-bond donors (Lipinski definition) is 10. The Hall–Kier alpha value is -6.40. The van der Waals surface area contributed by atoms with Crippen LogP contribution in [0.3, 0.4) is 0 Å². The van der Waals surface area contributed by atoms with Crippen molar-refractivity contribution >= 4 is 70.9 Å². The van der Waals surface area contributed by atoms with E-state index in [-0.39, 0.29) is 56.5 Å². The van der Waals surface area contributed by atoms with Crippen molar-refractivity contribution in [1.82, 2.24) is 63.0 Å². The van der Waals surface area contributed by atoms with Gasteiger partial charge in [0.05, 0.1) is 84.1 Å². The maximum Gasteiger partial charge on any atom is 0.246 e. The summed E-state index contributed by atoms with van der Waals surface area (Å²) in [5.74, 6) is -8.93. The Morgan fingerprint density at radius 2 is 1.11 bits per heavy atom. The third-order valence-corrected chi connectivity index (χ3v) is 12.7. The summed E-state index contributed by atoms with van der Waals surface area (Å²) in [5, 5.41) is 24.3. The van der Waals surface area contributed by atoms with Gasteiger partial charge in [0.2, 0.25) is 70.9 Å². The molecule has 4 aliphatic heterocycles. The lowest BCUT2D eigenvalue weighted by molar-refractivity contribution is -0.146. The van der Waals surface area contributed by atoms with Crippen molar-refractivity contribution in [1.29, 1.82) is 0 Å². The van der Waals surface area contributed by atoms with Gasteiger partial charge < -0.3 is 67.7 Å². The predicted octanol–water partition coefficient (Wildman–Crippen LogP) is -6.11. The van der Waals surface area contributed by atoms with Crippen LogP contribution in [0.4, 0.5) is 0 Å². The molecule has 25 nitrogen and oxygen atoms in total. The smallest absolute Gasteiger partial charge is 0.246 e. The van der Waals surface area contributed by atoms with E-state index in [4.69, 9.17) is 4.74 Å². The molecule has 25 heteroatoms. The van der Waals surface area contributed by atoms with E-state index in [9.17, 15) is 57.5 Å². The van der Waals surface area contributed by atoms with Crippen LogP contribution < -0.4 is 53.2 Å². The maximum absolute atomic E-state index is 14.4. The molecule has 7 atom stereocenters. The molecule has 1 spiro atoms. The molecule has 0 aromatic carbocycles. The fraction of sp³-hybridized carbons (Fsp3) is 0.707. The fourth-order valence-electron chi connectivity index (χ4n) is 9.14. The molecule has 0 radical (unpaired) electrons. The molecule has 12 amide bonds. The van der Waals surface area contributed by atoms with Gasteiger partial charge >= 0.3 is 0 Å². The second kappa shape index (κ2) is 23.7.